The summed E-state index contributed by atoms with van der Waals surface area (Å²) in [5.74, 6) is 1.13. The van der Waals surface area contributed by atoms with E-state index in [1.54, 1.807) is 6.92 Å². The van der Waals surface area contributed by atoms with Crippen molar-refractivity contribution in [1.82, 2.24) is 10.2 Å². The maximum atomic E-state index is 13.7. The first-order valence-electron chi connectivity index (χ1n) is 7.00. The van der Waals surface area contributed by atoms with E-state index in [1.807, 2.05) is 37.3 Å². The Morgan fingerprint density at radius 1 is 1.05 bits per heavy atom. The second-order valence-corrected chi connectivity index (χ2v) is 4.82. The Morgan fingerprint density at radius 2 is 1.86 bits per heavy atom. The van der Waals surface area contributed by atoms with Crippen LogP contribution in [0.2, 0.25) is 0 Å². The summed E-state index contributed by atoms with van der Waals surface area (Å²) in [6.07, 6.45) is 0. The average molecular weight is 298 g/mol. The summed E-state index contributed by atoms with van der Waals surface area (Å²) in [6, 6.07) is 12.2. The lowest BCUT2D eigenvalue weighted by Crippen LogP contribution is -1.93. The Labute approximate surface area is 127 Å². The van der Waals surface area contributed by atoms with Crippen LogP contribution in [0.25, 0.3) is 22.6 Å². The van der Waals surface area contributed by atoms with Crippen LogP contribution in [-0.4, -0.2) is 16.8 Å². The minimum atomic E-state index is -0.333. The molecule has 0 N–H and O–H groups in total. The molecule has 0 bridgehead atoms. The smallest absolute Gasteiger partial charge is 0.247 e. The van der Waals surface area contributed by atoms with Gasteiger partial charge in [-0.3, -0.25) is 0 Å². The van der Waals surface area contributed by atoms with Crippen LogP contribution in [0.4, 0.5) is 4.39 Å². The van der Waals surface area contributed by atoms with Gasteiger partial charge in [-0.25, -0.2) is 4.39 Å². The minimum Gasteiger partial charge on any atom is -0.494 e. The highest BCUT2D eigenvalue weighted by Crippen LogP contribution is 2.29. The third-order valence-corrected chi connectivity index (χ3v) is 3.15. The maximum Gasteiger partial charge on any atom is 0.247 e. The second-order valence-electron chi connectivity index (χ2n) is 4.82. The summed E-state index contributed by atoms with van der Waals surface area (Å²) < 4.78 is 24.6. The fourth-order valence-corrected chi connectivity index (χ4v) is 2.22. The van der Waals surface area contributed by atoms with Crippen molar-refractivity contribution in [2.75, 3.05) is 6.61 Å². The summed E-state index contributed by atoms with van der Waals surface area (Å²) in [4.78, 5) is 0. The van der Waals surface area contributed by atoms with E-state index in [0.29, 0.717) is 24.1 Å². The summed E-state index contributed by atoms with van der Waals surface area (Å²) in [5.41, 5.74) is 2.38. The summed E-state index contributed by atoms with van der Waals surface area (Å²) >= 11 is 0. The number of aryl methyl sites for hydroxylation is 1. The predicted molar refractivity (Wildman–Crippen MR) is 81.0 cm³/mol. The molecule has 0 amide bonds. The van der Waals surface area contributed by atoms with Gasteiger partial charge in [0.05, 0.1) is 6.61 Å². The third kappa shape index (κ3) is 2.98. The van der Waals surface area contributed by atoms with Gasteiger partial charge in [0.2, 0.25) is 11.8 Å². The number of ether oxygens (including phenoxy) is 1. The van der Waals surface area contributed by atoms with Gasteiger partial charge in [0.1, 0.15) is 11.6 Å². The molecule has 5 heteroatoms. The van der Waals surface area contributed by atoms with Crippen molar-refractivity contribution < 1.29 is 13.5 Å². The van der Waals surface area contributed by atoms with Gasteiger partial charge in [-0.15, -0.1) is 10.2 Å². The molecule has 1 heterocycles. The number of rotatable bonds is 4. The van der Waals surface area contributed by atoms with Crippen molar-refractivity contribution in [3.05, 3.63) is 54.2 Å². The molecule has 0 saturated heterocycles. The quantitative estimate of drug-likeness (QED) is 0.722. The van der Waals surface area contributed by atoms with E-state index in [2.05, 4.69) is 10.2 Å². The summed E-state index contributed by atoms with van der Waals surface area (Å²) in [7, 11) is 0. The molecule has 1 aromatic heterocycles. The number of aromatic nitrogens is 2. The molecule has 0 radical (unpaired) electrons. The Morgan fingerprint density at radius 3 is 2.59 bits per heavy atom. The Bertz CT molecular complexity index is 799. The molecule has 112 valence electrons. The molecular weight excluding hydrogens is 283 g/mol. The Kier molecular flexibility index (Phi) is 3.87. The Hall–Kier alpha value is -2.69. The van der Waals surface area contributed by atoms with Crippen molar-refractivity contribution in [3.8, 4) is 28.3 Å². The number of benzene rings is 2. The van der Waals surface area contributed by atoms with Gasteiger partial charge in [0, 0.05) is 18.6 Å². The zero-order chi connectivity index (χ0) is 15.5. The first-order valence-corrected chi connectivity index (χ1v) is 7.00. The highest BCUT2D eigenvalue weighted by atomic mass is 19.1. The molecule has 0 unspecified atom stereocenters. The predicted octanol–water partition coefficient (Wildman–Crippen LogP) is 4.25. The largest absolute Gasteiger partial charge is 0.494 e. The minimum absolute atomic E-state index is 0.333. The molecule has 22 heavy (non-hydrogen) atoms. The van der Waals surface area contributed by atoms with Crippen LogP contribution in [0.1, 0.15) is 12.8 Å². The zero-order valence-electron chi connectivity index (χ0n) is 12.3. The van der Waals surface area contributed by atoms with Crippen molar-refractivity contribution in [2.24, 2.45) is 0 Å². The lowest BCUT2D eigenvalue weighted by atomic mass is 10.0. The lowest BCUT2D eigenvalue weighted by molar-refractivity contribution is 0.338. The molecule has 0 aliphatic heterocycles. The van der Waals surface area contributed by atoms with E-state index in [9.17, 15) is 4.39 Å². The van der Waals surface area contributed by atoms with Gasteiger partial charge < -0.3 is 9.15 Å². The summed E-state index contributed by atoms with van der Waals surface area (Å²) in [6.45, 7) is 4.09. The van der Waals surface area contributed by atoms with Crippen LogP contribution >= 0.6 is 0 Å². The van der Waals surface area contributed by atoms with Crippen LogP contribution in [0.15, 0.2) is 46.9 Å². The average Bonchev–Trinajstić information content (AvgIpc) is 2.94. The first-order chi connectivity index (χ1) is 10.7. The molecule has 3 rings (SSSR count). The van der Waals surface area contributed by atoms with E-state index in [-0.39, 0.29) is 5.82 Å². The fraction of sp³-hybridized carbons (Fsp3) is 0.176. The van der Waals surface area contributed by atoms with E-state index in [1.165, 1.54) is 12.1 Å². The fourth-order valence-electron chi connectivity index (χ4n) is 2.22. The van der Waals surface area contributed by atoms with Crippen LogP contribution in [0.3, 0.4) is 0 Å². The van der Waals surface area contributed by atoms with Crippen LogP contribution in [-0.2, 0) is 0 Å². The van der Waals surface area contributed by atoms with Crippen molar-refractivity contribution >= 4 is 0 Å². The van der Waals surface area contributed by atoms with Crippen LogP contribution in [0, 0.1) is 12.7 Å². The second kappa shape index (κ2) is 5.97. The molecule has 0 fully saturated rings. The maximum absolute atomic E-state index is 13.7. The highest BCUT2D eigenvalue weighted by Gasteiger charge is 2.09. The molecule has 3 aromatic rings. The highest BCUT2D eigenvalue weighted by molar-refractivity contribution is 5.70. The van der Waals surface area contributed by atoms with E-state index < -0.39 is 0 Å². The van der Waals surface area contributed by atoms with Gasteiger partial charge in [-0.2, -0.15) is 0 Å². The molecule has 0 spiro atoms. The standard InChI is InChI=1S/C17H15FN2O2/c1-3-21-16-9-14(8-15(18)10-16)12-5-4-6-13(7-12)17-20-19-11(2)22-17/h4-10H,3H2,1-2H3. The number of nitrogens with zero attached hydrogens (tertiary/aromatic N) is 2. The van der Waals surface area contributed by atoms with E-state index in [4.69, 9.17) is 9.15 Å². The number of halogens is 1. The molecule has 4 nitrogen and oxygen atoms in total. The molecule has 2 aromatic carbocycles. The molecule has 0 aliphatic rings. The van der Waals surface area contributed by atoms with Crippen LogP contribution < -0.4 is 4.74 Å². The third-order valence-electron chi connectivity index (χ3n) is 3.15. The topological polar surface area (TPSA) is 48.2 Å². The van der Waals surface area contributed by atoms with Gasteiger partial charge in [-0.1, -0.05) is 12.1 Å². The van der Waals surface area contributed by atoms with Crippen molar-refractivity contribution in [2.45, 2.75) is 13.8 Å². The van der Waals surface area contributed by atoms with Crippen LogP contribution in [0.5, 0.6) is 5.75 Å². The number of hydrogen-bond donors (Lipinski definition) is 0. The van der Waals surface area contributed by atoms with Crippen molar-refractivity contribution in [3.63, 3.8) is 0 Å². The van der Waals surface area contributed by atoms with Gasteiger partial charge in [0.25, 0.3) is 0 Å². The normalized spacial score (nSPS) is 10.7. The molecule has 0 aliphatic carbocycles. The van der Waals surface area contributed by atoms with E-state index in [0.717, 1.165) is 16.7 Å². The monoisotopic (exact) mass is 298 g/mol. The number of hydrogen-bond acceptors (Lipinski definition) is 4. The zero-order valence-corrected chi connectivity index (χ0v) is 12.3. The first kappa shape index (κ1) is 14.3. The van der Waals surface area contributed by atoms with E-state index >= 15 is 0 Å². The molecule has 0 saturated carbocycles. The van der Waals surface area contributed by atoms with Crippen molar-refractivity contribution in [1.29, 1.82) is 0 Å². The Balaban J connectivity index is 2.02. The van der Waals surface area contributed by atoms with Gasteiger partial charge >= 0.3 is 0 Å². The summed E-state index contributed by atoms with van der Waals surface area (Å²) in [5, 5.41) is 7.82. The molecule has 0 atom stereocenters. The SMILES string of the molecule is CCOc1cc(F)cc(-c2cccc(-c3nnc(C)o3)c2)c1. The lowest BCUT2D eigenvalue weighted by Gasteiger charge is -2.08. The van der Waals surface area contributed by atoms with Gasteiger partial charge in [-0.05, 0) is 42.3 Å². The molecular formula is C17H15FN2O2. The van der Waals surface area contributed by atoms with Gasteiger partial charge in [0.15, 0.2) is 0 Å².